The van der Waals surface area contributed by atoms with E-state index < -0.39 is 44.1 Å². The second kappa shape index (κ2) is 7.01. The van der Waals surface area contributed by atoms with Crippen molar-refractivity contribution >= 4 is 27.6 Å². The molecule has 0 N–H and O–H groups in total. The van der Waals surface area contributed by atoms with E-state index in [4.69, 9.17) is 16.3 Å². The average molecular weight is 414 g/mol. The van der Waals surface area contributed by atoms with Gasteiger partial charge in [0.1, 0.15) is 5.60 Å². The number of carbonyl (C=O) groups excluding carboxylic acids is 1. The first-order valence-corrected chi connectivity index (χ1v) is 9.63. The van der Waals surface area contributed by atoms with Gasteiger partial charge in [0.25, 0.3) is 0 Å². The van der Waals surface area contributed by atoms with Crippen molar-refractivity contribution in [3.05, 3.63) is 28.8 Å². The van der Waals surface area contributed by atoms with Gasteiger partial charge in [-0.25, -0.2) is 8.42 Å². The Balaban J connectivity index is 2.29. The molecule has 1 aliphatic rings. The first kappa shape index (κ1) is 21.0. The quantitative estimate of drug-likeness (QED) is 0.708. The van der Waals surface area contributed by atoms with Crippen LogP contribution in [0.4, 0.5) is 13.2 Å². The maximum Gasteiger partial charge on any atom is 0.417 e. The van der Waals surface area contributed by atoms with E-state index in [2.05, 4.69) is 0 Å². The molecule has 5 nitrogen and oxygen atoms in total. The Morgan fingerprint density at radius 3 is 2.42 bits per heavy atom. The van der Waals surface area contributed by atoms with Gasteiger partial charge in [0.2, 0.25) is 10.0 Å². The molecule has 0 radical (unpaired) electrons. The number of alkyl halides is 3. The third-order valence-electron chi connectivity index (χ3n) is 3.76. The van der Waals surface area contributed by atoms with E-state index in [1.54, 1.807) is 20.8 Å². The molecule has 2 rings (SSSR count). The van der Waals surface area contributed by atoms with E-state index in [1.165, 1.54) is 0 Å². The van der Waals surface area contributed by atoms with Crippen LogP contribution in [0.3, 0.4) is 0 Å². The second-order valence-corrected chi connectivity index (χ2v) is 9.36. The summed E-state index contributed by atoms with van der Waals surface area (Å²) in [6.07, 6.45) is -4.69. The van der Waals surface area contributed by atoms with Crippen LogP contribution in [-0.2, 0) is 25.7 Å². The summed E-state index contributed by atoms with van der Waals surface area (Å²) >= 11 is 5.59. The average Bonchev–Trinajstić information content (AvgIpc) is 2.94. The third-order valence-corrected chi connectivity index (χ3v) is 5.91. The lowest BCUT2D eigenvalue weighted by Gasteiger charge is -2.22. The topological polar surface area (TPSA) is 63.7 Å². The summed E-state index contributed by atoms with van der Waals surface area (Å²) in [5.41, 5.74) is -2.06. The van der Waals surface area contributed by atoms with E-state index in [9.17, 15) is 26.4 Å². The SMILES string of the molecule is CC(C)(C)OC(=O)C1CCN(S(=O)(=O)c2ccc(Cl)cc2C(F)(F)F)C1. The van der Waals surface area contributed by atoms with Gasteiger partial charge in [0, 0.05) is 18.1 Å². The van der Waals surface area contributed by atoms with E-state index in [0.29, 0.717) is 6.07 Å². The molecule has 0 aliphatic carbocycles. The Labute approximate surface area is 155 Å². The van der Waals surface area contributed by atoms with Crippen LogP contribution in [0.25, 0.3) is 0 Å². The van der Waals surface area contributed by atoms with E-state index >= 15 is 0 Å². The zero-order valence-corrected chi connectivity index (χ0v) is 16.0. The third kappa shape index (κ3) is 4.69. The zero-order chi connectivity index (χ0) is 19.9. The smallest absolute Gasteiger partial charge is 0.417 e. The fourth-order valence-electron chi connectivity index (χ4n) is 2.61. The van der Waals surface area contributed by atoms with Crippen LogP contribution >= 0.6 is 11.6 Å². The van der Waals surface area contributed by atoms with Gasteiger partial charge in [0.15, 0.2) is 0 Å². The van der Waals surface area contributed by atoms with Gasteiger partial charge in [-0.1, -0.05) is 11.6 Å². The fraction of sp³-hybridized carbons (Fsp3) is 0.562. The summed E-state index contributed by atoms with van der Waals surface area (Å²) in [4.78, 5) is 11.2. The molecular weight excluding hydrogens is 395 g/mol. The highest BCUT2D eigenvalue weighted by Crippen LogP contribution is 2.38. The van der Waals surface area contributed by atoms with Gasteiger partial charge in [0.05, 0.1) is 16.4 Å². The number of hydrogen-bond donors (Lipinski definition) is 0. The number of nitrogens with zero attached hydrogens (tertiary/aromatic N) is 1. The van der Waals surface area contributed by atoms with Gasteiger partial charge in [-0.05, 0) is 45.4 Å². The van der Waals surface area contributed by atoms with Crippen molar-refractivity contribution in [2.24, 2.45) is 5.92 Å². The Bertz CT molecular complexity index is 803. The minimum Gasteiger partial charge on any atom is -0.460 e. The Morgan fingerprint density at radius 2 is 1.88 bits per heavy atom. The molecule has 0 bridgehead atoms. The molecule has 0 saturated carbocycles. The van der Waals surface area contributed by atoms with Crippen LogP contribution < -0.4 is 0 Å². The number of benzene rings is 1. The molecule has 1 atom stereocenters. The summed E-state index contributed by atoms with van der Waals surface area (Å²) in [6.45, 7) is 4.75. The lowest BCUT2D eigenvalue weighted by Crippen LogP contribution is -2.33. The molecule has 1 saturated heterocycles. The Hall–Kier alpha value is -1.32. The van der Waals surface area contributed by atoms with Crippen molar-refractivity contribution in [3.63, 3.8) is 0 Å². The van der Waals surface area contributed by atoms with Gasteiger partial charge < -0.3 is 4.74 Å². The lowest BCUT2D eigenvalue weighted by molar-refractivity contribution is -0.159. The molecule has 10 heteroatoms. The van der Waals surface area contributed by atoms with Gasteiger partial charge in [-0.2, -0.15) is 17.5 Å². The van der Waals surface area contributed by atoms with Crippen LogP contribution in [0.1, 0.15) is 32.8 Å². The first-order valence-electron chi connectivity index (χ1n) is 7.81. The molecule has 1 aromatic carbocycles. The normalized spacial score (nSPS) is 19.6. The standard InChI is InChI=1S/C16H19ClF3NO4S/c1-15(2,3)25-14(22)10-6-7-21(9-10)26(23,24)13-5-4-11(17)8-12(13)16(18,19)20/h4-5,8,10H,6-7,9H2,1-3H3. The highest BCUT2D eigenvalue weighted by atomic mass is 35.5. The van der Waals surface area contributed by atoms with E-state index in [-0.39, 0.29) is 24.5 Å². The number of hydrogen-bond acceptors (Lipinski definition) is 4. The predicted octanol–water partition coefficient (Wildman–Crippen LogP) is 3.71. The summed E-state index contributed by atoms with van der Waals surface area (Å²) < 4.78 is 71.2. The molecule has 1 heterocycles. The summed E-state index contributed by atoms with van der Waals surface area (Å²) in [5, 5.41) is -0.218. The van der Waals surface area contributed by atoms with Gasteiger partial charge in [-0.15, -0.1) is 0 Å². The van der Waals surface area contributed by atoms with Gasteiger partial charge >= 0.3 is 12.1 Å². The molecule has 146 valence electrons. The highest BCUT2D eigenvalue weighted by Gasteiger charge is 2.42. The zero-order valence-electron chi connectivity index (χ0n) is 14.4. The highest BCUT2D eigenvalue weighted by molar-refractivity contribution is 7.89. The van der Waals surface area contributed by atoms with Crippen LogP contribution in [0.2, 0.25) is 5.02 Å². The van der Waals surface area contributed by atoms with Crippen LogP contribution in [-0.4, -0.2) is 37.4 Å². The molecule has 0 aromatic heterocycles. The van der Waals surface area contributed by atoms with Crippen molar-refractivity contribution in [1.29, 1.82) is 0 Å². The Kier molecular flexibility index (Phi) is 5.66. The minimum absolute atomic E-state index is 0.0633. The number of carbonyl (C=O) groups is 1. The number of esters is 1. The largest absolute Gasteiger partial charge is 0.460 e. The van der Waals surface area contributed by atoms with E-state index in [1.807, 2.05) is 0 Å². The minimum atomic E-state index is -4.88. The van der Waals surface area contributed by atoms with Crippen LogP contribution in [0.5, 0.6) is 0 Å². The molecule has 26 heavy (non-hydrogen) atoms. The monoisotopic (exact) mass is 413 g/mol. The number of rotatable bonds is 3. The van der Waals surface area contributed by atoms with Crippen LogP contribution in [0.15, 0.2) is 23.1 Å². The number of ether oxygens (including phenoxy) is 1. The lowest BCUT2D eigenvalue weighted by atomic mass is 10.1. The Morgan fingerprint density at radius 1 is 1.27 bits per heavy atom. The van der Waals surface area contributed by atoms with Gasteiger partial charge in [-0.3, -0.25) is 4.79 Å². The molecule has 0 spiro atoms. The van der Waals surface area contributed by atoms with Crippen molar-refractivity contribution < 1.29 is 31.1 Å². The number of sulfonamides is 1. The second-order valence-electron chi connectivity index (χ2n) is 7.02. The molecular formula is C16H19ClF3NO4S. The summed E-state index contributed by atoms with van der Waals surface area (Å²) in [7, 11) is -4.43. The predicted molar refractivity (Wildman–Crippen MR) is 89.2 cm³/mol. The summed E-state index contributed by atoms with van der Waals surface area (Å²) in [5.74, 6) is -1.28. The summed E-state index contributed by atoms with van der Waals surface area (Å²) in [6, 6.07) is 2.50. The van der Waals surface area contributed by atoms with Crippen molar-refractivity contribution in [3.8, 4) is 0 Å². The molecule has 1 unspecified atom stereocenters. The van der Waals surface area contributed by atoms with Crippen molar-refractivity contribution in [1.82, 2.24) is 4.31 Å². The van der Waals surface area contributed by atoms with E-state index in [0.717, 1.165) is 16.4 Å². The van der Waals surface area contributed by atoms with Crippen LogP contribution in [0, 0.1) is 5.92 Å². The first-order chi connectivity index (χ1) is 11.7. The van der Waals surface area contributed by atoms with Crippen molar-refractivity contribution in [2.75, 3.05) is 13.1 Å². The molecule has 1 aliphatic heterocycles. The van der Waals surface area contributed by atoms with Crippen molar-refractivity contribution in [2.45, 2.75) is 43.9 Å². The maximum absolute atomic E-state index is 13.2. The molecule has 1 aromatic rings. The maximum atomic E-state index is 13.2. The molecule has 0 amide bonds. The fourth-order valence-corrected chi connectivity index (χ4v) is 4.48. The number of halogens is 4. The molecule has 1 fully saturated rings.